The minimum atomic E-state index is -0.401. The number of nitrogens with one attached hydrogen (secondary N) is 1. The maximum atomic E-state index is 12.3. The third-order valence-corrected chi connectivity index (χ3v) is 3.60. The lowest BCUT2D eigenvalue weighted by molar-refractivity contribution is -0.139. The van der Waals surface area contributed by atoms with Crippen molar-refractivity contribution in [3.8, 4) is 11.5 Å². The third-order valence-electron chi connectivity index (χ3n) is 3.60. The summed E-state index contributed by atoms with van der Waals surface area (Å²) in [6.45, 7) is 5.79. The van der Waals surface area contributed by atoms with Gasteiger partial charge in [-0.15, -0.1) is 0 Å². The summed E-state index contributed by atoms with van der Waals surface area (Å²) in [5.41, 5.74) is 1.58. The summed E-state index contributed by atoms with van der Waals surface area (Å²) in [5, 5.41) is 2.82. The zero-order chi connectivity index (χ0) is 19.6. The largest absolute Gasteiger partial charge is 0.497 e. The van der Waals surface area contributed by atoms with Crippen molar-refractivity contribution in [3.63, 3.8) is 0 Å². The Balaban J connectivity index is 1.77. The van der Waals surface area contributed by atoms with E-state index in [0.29, 0.717) is 35.6 Å². The molecular formula is C21H23NO5. The van der Waals surface area contributed by atoms with Crippen molar-refractivity contribution < 1.29 is 23.8 Å². The van der Waals surface area contributed by atoms with Gasteiger partial charge in [-0.3, -0.25) is 4.79 Å². The lowest BCUT2D eigenvalue weighted by Crippen LogP contribution is -2.12. The van der Waals surface area contributed by atoms with E-state index in [4.69, 9.17) is 14.2 Å². The SMILES string of the molecule is C=C(C)C(=O)OCCCOc1ccc(C(=O)Nc2ccc(OC)cc2)cc1. The van der Waals surface area contributed by atoms with Gasteiger partial charge in [0.15, 0.2) is 0 Å². The molecule has 2 aromatic rings. The number of esters is 1. The van der Waals surface area contributed by atoms with E-state index in [-0.39, 0.29) is 12.5 Å². The molecule has 0 aromatic heterocycles. The number of benzene rings is 2. The number of carbonyl (C=O) groups excluding carboxylic acids is 2. The molecule has 0 fully saturated rings. The molecule has 0 spiro atoms. The van der Waals surface area contributed by atoms with Crippen LogP contribution in [0, 0.1) is 0 Å². The molecule has 0 aliphatic carbocycles. The molecule has 6 heteroatoms. The Bertz CT molecular complexity index is 781. The van der Waals surface area contributed by atoms with Gasteiger partial charge >= 0.3 is 5.97 Å². The number of rotatable bonds is 9. The molecule has 0 aliphatic heterocycles. The van der Waals surface area contributed by atoms with E-state index < -0.39 is 5.97 Å². The lowest BCUT2D eigenvalue weighted by atomic mass is 10.2. The summed E-state index contributed by atoms with van der Waals surface area (Å²) in [7, 11) is 1.59. The highest BCUT2D eigenvalue weighted by atomic mass is 16.5. The Morgan fingerprint density at radius 2 is 1.59 bits per heavy atom. The monoisotopic (exact) mass is 369 g/mol. The average Bonchev–Trinajstić information content (AvgIpc) is 2.68. The van der Waals surface area contributed by atoms with Crippen LogP contribution in [-0.4, -0.2) is 32.2 Å². The van der Waals surface area contributed by atoms with Gasteiger partial charge in [0.1, 0.15) is 11.5 Å². The summed E-state index contributed by atoms with van der Waals surface area (Å²) in [6.07, 6.45) is 0.568. The predicted molar refractivity (Wildman–Crippen MR) is 103 cm³/mol. The van der Waals surface area contributed by atoms with Gasteiger partial charge in [-0.1, -0.05) is 6.58 Å². The molecule has 27 heavy (non-hydrogen) atoms. The number of ether oxygens (including phenoxy) is 3. The number of hydrogen-bond donors (Lipinski definition) is 1. The molecule has 0 bridgehead atoms. The second-order valence-electron chi connectivity index (χ2n) is 5.83. The van der Waals surface area contributed by atoms with Crippen molar-refractivity contribution in [3.05, 3.63) is 66.2 Å². The van der Waals surface area contributed by atoms with E-state index in [9.17, 15) is 9.59 Å². The molecule has 1 amide bonds. The lowest BCUT2D eigenvalue weighted by Gasteiger charge is -2.09. The summed E-state index contributed by atoms with van der Waals surface area (Å²) in [5.74, 6) is 0.756. The Kier molecular flexibility index (Phi) is 7.43. The summed E-state index contributed by atoms with van der Waals surface area (Å²) >= 11 is 0. The van der Waals surface area contributed by atoms with Crippen LogP contribution in [-0.2, 0) is 9.53 Å². The minimum absolute atomic E-state index is 0.210. The first-order chi connectivity index (χ1) is 13.0. The molecule has 0 saturated carbocycles. The second kappa shape index (κ2) is 10.0. The minimum Gasteiger partial charge on any atom is -0.497 e. The first kappa shape index (κ1) is 20.0. The van der Waals surface area contributed by atoms with Gasteiger partial charge in [0.25, 0.3) is 5.91 Å². The fourth-order valence-corrected chi connectivity index (χ4v) is 2.12. The van der Waals surface area contributed by atoms with E-state index in [1.54, 1.807) is 62.6 Å². The van der Waals surface area contributed by atoms with Gasteiger partial charge in [0, 0.05) is 23.2 Å². The normalized spacial score (nSPS) is 10.0. The molecule has 2 rings (SSSR count). The maximum absolute atomic E-state index is 12.3. The van der Waals surface area contributed by atoms with Crippen LogP contribution in [0.3, 0.4) is 0 Å². The highest BCUT2D eigenvalue weighted by Gasteiger charge is 2.07. The van der Waals surface area contributed by atoms with Crippen LogP contribution in [0.15, 0.2) is 60.7 Å². The van der Waals surface area contributed by atoms with Crippen LogP contribution >= 0.6 is 0 Å². The van der Waals surface area contributed by atoms with Crippen LogP contribution in [0.5, 0.6) is 11.5 Å². The Hall–Kier alpha value is -3.28. The first-order valence-corrected chi connectivity index (χ1v) is 8.50. The quantitative estimate of drug-likeness (QED) is 0.413. The zero-order valence-corrected chi connectivity index (χ0v) is 15.5. The van der Waals surface area contributed by atoms with Crippen LogP contribution < -0.4 is 14.8 Å². The molecule has 0 aliphatic rings. The van der Waals surface area contributed by atoms with Gasteiger partial charge < -0.3 is 19.5 Å². The van der Waals surface area contributed by atoms with Crippen LogP contribution in [0.4, 0.5) is 5.69 Å². The van der Waals surface area contributed by atoms with E-state index in [0.717, 1.165) is 5.75 Å². The van der Waals surface area contributed by atoms with Crippen molar-refractivity contribution in [1.82, 2.24) is 0 Å². The third kappa shape index (κ3) is 6.51. The maximum Gasteiger partial charge on any atom is 0.333 e. The number of carbonyl (C=O) groups is 2. The number of anilines is 1. The van der Waals surface area contributed by atoms with Gasteiger partial charge in [-0.05, 0) is 55.5 Å². The van der Waals surface area contributed by atoms with Gasteiger partial charge in [0.05, 0.1) is 20.3 Å². The Labute approximate surface area is 158 Å². The van der Waals surface area contributed by atoms with Crippen LogP contribution in [0.2, 0.25) is 0 Å². The number of methoxy groups -OCH3 is 1. The standard InChI is InChI=1S/C21H23NO5/c1-15(2)21(24)27-14-4-13-26-19-9-5-16(6-10-19)20(23)22-17-7-11-18(25-3)12-8-17/h5-12H,1,4,13-14H2,2-3H3,(H,22,23). The zero-order valence-electron chi connectivity index (χ0n) is 15.5. The van der Waals surface area contributed by atoms with Gasteiger partial charge in [-0.25, -0.2) is 4.79 Å². The van der Waals surface area contributed by atoms with Crippen molar-refractivity contribution >= 4 is 17.6 Å². The Morgan fingerprint density at radius 1 is 0.963 bits per heavy atom. The van der Waals surface area contributed by atoms with E-state index in [2.05, 4.69) is 11.9 Å². The number of amides is 1. The van der Waals surface area contributed by atoms with Crippen molar-refractivity contribution in [1.29, 1.82) is 0 Å². The highest BCUT2D eigenvalue weighted by Crippen LogP contribution is 2.17. The first-order valence-electron chi connectivity index (χ1n) is 8.50. The molecule has 0 heterocycles. The van der Waals surface area contributed by atoms with Crippen LogP contribution in [0.1, 0.15) is 23.7 Å². The highest BCUT2D eigenvalue weighted by molar-refractivity contribution is 6.04. The van der Waals surface area contributed by atoms with Crippen molar-refractivity contribution in [2.75, 3.05) is 25.6 Å². The summed E-state index contributed by atoms with van der Waals surface area (Å²) in [4.78, 5) is 23.5. The summed E-state index contributed by atoms with van der Waals surface area (Å²) < 4.78 is 15.6. The predicted octanol–water partition coefficient (Wildman–Crippen LogP) is 3.84. The fourth-order valence-electron chi connectivity index (χ4n) is 2.12. The van der Waals surface area contributed by atoms with E-state index >= 15 is 0 Å². The summed E-state index contributed by atoms with van der Waals surface area (Å²) in [6, 6.07) is 13.9. The topological polar surface area (TPSA) is 73.9 Å². The van der Waals surface area contributed by atoms with Crippen molar-refractivity contribution in [2.24, 2.45) is 0 Å². The van der Waals surface area contributed by atoms with E-state index in [1.807, 2.05) is 0 Å². The Morgan fingerprint density at radius 3 is 2.19 bits per heavy atom. The molecular weight excluding hydrogens is 346 g/mol. The average molecular weight is 369 g/mol. The molecule has 0 atom stereocenters. The molecule has 142 valence electrons. The second-order valence-corrected chi connectivity index (χ2v) is 5.83. The molecule has 0 radical (unpaired) electrons. The molecule has 6 nitrogen and oxygen atoms in total. The van der Waals surface area contributed by atoms with Gasteiger partial charge in [-0.2, -0.15) is 0 Å². The molecule has 1 N–H and O–H groups in total. The van der Waals surface area contributed by atoms with E-state index in [1.165, 1.54) is 0 Å². The number of hydrogen-bond acceptors (Lipinski definition) is 5. The fraction of sp³-hybridized carbons (Fsp3) is 0.238. The molecule has 2 aromatic carbocycles. The van der Waals surface area contributed by atoms with Crippen LogP contribution in [0.25, 0.3) is 0 Å². The van der Waals surface area contributed by atoms with Gasteiger partial charge in [0.2, 0.25) is 0 Å². The molecule has 0 unspecified atom stereocenters. The smallest absolute Gasteiger partial charge is 0.333 e. The van der Waals surface area contributed by atoms with Crippen molar-refractivity contribution in [2.45, 2.75) is 13.3 Å². The molecule has 0 saturated heterocycles.